The summed E-state index contributed by atoms with van der Waals surface area (Å²) in [6.45, 7) is 2.15. The van der Waals surface area contributed by atoms with E-state index in [1.165, 1.54) is 25.3 Å². The Bertz CT molecular complexity index is 373. The summed E-state index contributed by atoms with van der Waals surface area (Å²) in [5.41, 5.74) is 7.15. The SMILES string of the molecule is Nc1cc(F)cc(N2CC3CCCC3C2)c1. The van der Waals surface area contributed by atoms with Crippen molar-refractivity contribution in [3.8, 4) is 0 Å². The fourth-order valence-electron chi connectivity index (χ4n) is 3.22. The highest BCUT2D eigenvalue weighted by Gasteiger charge is 2.36. The van der Waals surface area contributed by atoms with E-state index in [0.717, 1.165) is 30.6 Å². The van der Waals surface area contributed by atoms with Gasteiger partial charge in [-0.05, 0) is 42.9 Å². The average molecular weight is 220 g/mol. The highest BCUT2D eigenvalue weighted by atomic mass is 19.1. The van der Waals surface area contributed by atoms with Crippen LogP contribution < -0.4 is 10.6 Å². The van der Waals surface area contributed by atoms with Crippen molar-refractivity contribution in [3.05, 3.63) is 24.0 Å². The van der Waals surface area contributed by atoms with Gasteiger partial charge in [-0.2, -0.15) is 0 Å². The summed E-state index contributed by atoms with van der Waals surface area (Å²) in [7, 11) is 0. The van der Waals surface area contributed by atoms with Crippen molar-refractivity contribution in [3.63, 3.8) is 0 Å². The van der Waals surface area contributed by atoms with Gasteiger partial charge < -0.3 is 10.6 Å². The van der Waals surface area contributed by atoms with Crippen molar-refractivity contribution in [2.24, 2.45) is 11.8 Å². The molecule has 2 aliphatic rings. The first-order valence-corrected chi connectivity index (χ1v) is 6.03. The highest BCUT2D eigenvalue weighted by Crippen LogP contribution is 2.39. The third-order valence-electron chi connectivity index (χ3n) is 4.00. The lowest BCUT2D eigenvalue weighted by Crippen LogP contribution is -2.20. The van der Waals surface area contributed by atoms with Crippen molar-refractivity contribution in [2.45, 2.75) is 19.3 Å². The van der Waals surface area contributed by atoms with E-state index in [0.29, 0.717) is 5.69 Å². The van der Waals surface area contributed by atoms with Crippen LogP contribution in [0.2, 0.25) is 0 Å². The highest BCUT2D eigenvalue weighted by molar-refractivity contribution is 5.57. The Kier molecular flexibility index (Phi) is 2.27. The van der Waals surface area contributed by atoms with E-state index in [2.05, 4.69) is 4.90 Å². The molecule has 1 aromatic rings. The molecular weight excluding hydrogens is 203 g/mol. The molecule has 2 nitrogen and oxygen atoms in total. The van der Waals surface area contributed by atoms with Crippen LogP contribution in [0.5, 0.6) is 0 Å². The Morgan fingerprint density at radius 2 is 1.81 bits per heavy atom. The number of rotatable bonds is 1. The van der Waals surface area contributed by atoms with Gasteiger partial charge in [0.15, 0.2) is 0 Å². The third-order valence-corrected chi connectivity index (χ3v) is 4.00. The molecule has 0 bridgehead atoms. The van der Waals surface area contributed by atoms with Crippen LogP contribution in [0.4, 0.5) is 15.8 Å². The molecule has 2 atom stereocenters. The molecule has 0 amide bonds. The van der Waals surface area contributed by atoms with Gasteiger partial charge in [0.25, 0.3) is 0 Å². The first-order valence-electron chi connectivity index (χ1n) is 6.03. The monoisotopic (exact) mass is 220 g/mol. The lowest BCUT2D eigenvalue weighted by Gasteiger charge is -2.20. The second kappa shape index (κ2) is 3.65. The number of nitrogens with zero attached hydrogens (tertiary/aromatic N) is 1. The summed E-state index contributed by atoms with van der Waals surface area (Å²) in [4.78, 5) is 2.29. The maximum atomic E-state index is 13.3. The van der Waals surface area contributed by atoms with Crippen molar-refractivity contribution in [2.75, 3.05) is 23.7 Å². The number of anilines is 2. The molecule has 2 fully saturated rings. The molecule has 0 spiro atoms. The van der Waals surface area contributed by atoms with Gasteiger partial charge in [-0.25, -0.2) is 4.39 Å². The Morgan fingerprint density at radius 3 is 2.44 bits per heavy atom. The number of halogens is 1. The van der Waals surface area contributed by atoms with E-state index < -0.39 is 0 Å². The number of hydrogen-bond acceptors (Lipinski definition) is 2. The molecule has 3 heteroatoms. The topological polar surface area (TPSA) is 29.3 Å². The van der Waals surface area contributed by atoms with Gasteiger partial charge >= 0.3 is 0 Å². The molecule has 16 heavy (non-hydrogen) atoms. The van der Waals surface area contributed by atoms with E-state index in [9.17, 15) is 4.39 Å². The van der Waals surface area contributed by atoms with Crippen molar-refractivity contribution >= 4 is 11.4 Å². The molecule has 1 saturated heterocycles. The summed E-state index contributed by atoms with van der Waals surface area (Å²) >= 11 is 0. The van der Waals surface area contributed by atoms with E-state index in [1.54, 1.807) is 6.07 Å². The summed E-state index contributed by atoms with van der Waals surface area (Å²) in [5.74, 6) is 1.42. The van der Waals surface area contributed by atoms with E-state index in [4.69, 9.17) is 5.73 Å². The Labute approximate surface area is 95.2 Å². The third kappa shape index (κ3) is 1.64. The van der Waals surface area contributed by atoms with Crippen LogP contribution in [-0.2, 0) is 0 Å². The normalized spacial score (nSPS) is 28.4. The van der Waals surface area contributed by atoms with Crippen LogP contribution in [-0.4, -0.2) is 13.1 Å². The van der Waals surface area contributed by atoms with E-state index >= 15 is 0 Å². The maximum absolute atomic E-state index is 13.3. The van der Waals surface area contributed by atoms with Crippen molar-refractivity contribution in [1.82, 2.24) is 0 Å². The average Bonchev–Trinajstić information content (AvgIpc) is 2.74. The molecular formula is C13H17FN2. The van der Waals surface area contributed by atoms with E-state index in [1.807, 2.05) is 6.07 Å². The minimum Gasteiger partial charge on any atom is -0.399 e. The largest absolute Gasteiger partial charge is 0.399 e. The van der Waals surface area contributed by atoms with Crippen molar-refractivity contribution < 1.29 is 4.39 Å². The molecule has 86 valence electrons. The lowest BCUT2D eigenvalue weighted by atomic mass is 10.0. The van der Waals surface area contributed by atoms with Gasteiger partial charge in [0.1, 0.15) is 5.82 Å². The Morgan fingerprint density at radius 1 is 1.12 bits per heavy atom. The first-order chi connectivity index (χ1) is 7.72. The second-order valence-corrected chi connectivity index (χ2v) is 5.10. The van der Waals surface area contributed by atoms with Gasteiger partial charge in [0, 0.05) is 24.5 Å². The van der Waals surface area contributed by atoms with Crippen LogP contribution in [0, 0.1) is 17.7 Å². The van der Waals surface area contributed by atoms with Crippen LogP contribution >= 0.6 is 0 Å². The zero-order valence-electron chi connectivity index (χ0n) is 9.32. The molecule has 2 unspecified atom stereocenters. The van der Waals surface area contributed by atoms with Gasteiger partial charge in [-0.1, -0.05) is 6.42 Å². The smallest absolute Gasteiger partial charge is 0.127 e. The number of benzene rings is 1. The first kappa shape index (κ1) is 9.94. The van der Waals surface area contributed by atoms with Crippen LogP contribution in [0.15, 0.2) is 18.2 Å². The van der Waals surface area contributed by atoms with Crippen LogP contribution in [0.1, 0.15) is 19.3 Å². The number of nitrogen functional groups attached to an aromatic ring is 1. The van der Waals surface area contributed by atoms with Crippen LogP contribution in [0.3, 0.4) is 0 Å². The molecule has 0 aromatic heterocycles. The zero-order chi connectivity index (χ0) is 11.1. The summed E-state index contributed by atoms with van der Waals surface area (Å²) in [5, 5.41) is 0. The molecule has 2 N–H and O–H groups in total. The Balaban J connectivity index is 1.83. The van der Waals surface area contributed by atoms with Gasteiger partial charge in [0.2, 0.25) is 0 Å². The summed E-state index contributed by atoms with van der Waals surface area (Å²) < 4.78 is 13.3. The summed E-state index contributed by atoms with van der Waals surface area (Å²) in [6, 6.07) is 4.85. The predicted octanol–water partition coefficient (Wildman–Crippen LogP) is 2.64. The van der Waals surface area contributed by atoms with Gasteiger partial charge in [-0.15, -0.1) is 0 Å². The molecule has 0 radical (unpaired) electrons. The number of hydrogen-bond donors (Lipinski definition) is 1. The summed E-state index contributed by atoms with van der Waals surface area (Å²) in [6.07, 6.45) is 4.05. The Hall–Kier alpha value is -1.25. The minimum absolute atomic E-state index is 0.230. The fraction of sp³-hybridized carbons (Fsp3) is 0.538. The molecule has 1 heterocycles. The maximum Gasteiger partial charge on any atom is 0.127 e. The standard InChI is InChI=1S/C13H17FN2/c14-11-4-12(15)6-13(5-11)16-7-9-2-1-3-10(9)8-16/h4-6,9-10H,1-3,7-8,15H2. The minimum atomic E-state index is -0.230. The molecule has 1 aliphatic carbocycles. The van der Waals surface area contributed by atoms with Gasteiger partial charge in [0.05, 0.1) is 0 Å². The zero-order valence-corrected chi connectivity index (χ0v) is 9.32. The van der Waals surface area contributed by atoms with E-state index in [-0.39, 0.29) is 5.82 Å². The molecule has 1 saturated carbocycles. The fourth-order valence-corrected chi connectivity index (χ4v) is 3.22. The lowest BCUT2D eigenvalue weighted by molar-refractivity contribution is 0.494. The number of fused-ring (bicyclic) bond motifs is 1. The second-order valence-electron chi connectivity index (χ2n) is 5.10. The van der Waals surface area contributed by atoms with Crippen LogP contribution in [0.25, 0.3) is 0 Å². The predicted molar refractivity (Wildman–Crippen MR) is 63.9 cm³/mol. The molecule has 1 aliphatic heterocycles. The number of nitrogens with two attached hydrogens (primary N) is 1. The van der Waals surface area contributed by atoms with Crippen molar-refractivity contribution in [1.29, 1.82) is 0 Å². The van der Waals surface area contributed by atoms with Gasteiger partial charge in [-0.3, -0.25) is 0 Å². The quantitative estimate of drug-likeness (QED) is 0.737. The molecule has 1 aromatic carbocycles. The molecule has 3 rings (SSSR count).